The Bertz CT molecular complexity index is 1360. The predicted octanol–water partition coefficient (Wildman–Crippen LogP) is 2.17. The van der Waals surface area contributed by atoms with E-state index < -0.39 is 10.0 Å². The zero-order chi connectivity index (χ0) is 20.9. The first-order chi connectivity index (χ1) is 14.4. The molecule has 1 saturated heterocycles. The van der Waals surface area contributed by atoms with E-state index in [0.717, 1.165) is 10.8 Å². The van der Waals surface area contributed by atoms with E-state index >= 15 is 0 Å². The lowest BCUT2D eigenvalue weighted by atomic mass is 10.1. The van der Waals surface area contributed by atoms with Crippen molar-refractivity contribution < 1.29 is 8.42 Å². The second-order valence-electron chi connectivity index (χ2n) is 7.44. The van der Waals surface area contributed by atoms with Gasteiger partial charge in [0.25, 0.3) is 0 Å². The summed E-state index contributed by atoms with van der Waals surface area (Å²) in [7, 11) is -3.56. The monoisotopic (exact) mass is 423 g/mol. The Kier molecular flexibility index (Phi) is 4.33. The minimum Gasteiger partial charge on any atom is -0.382 e. The summed E-state index contributed by atoms with van der Waals surface area (Å²) in [5.74, 6) is 0.339. The molecule has 4 N–H and O–H groups in total. The Morgan fingerprint density at radius 2 is 1.70 bits per heavy atom. The zero-order valence-electron chi connectivity index (χ0n) is 16.1. The van der Waals surface area contributed by atoms with Gasteiger partial charge in [-0.25, -0.2) is 13.4 Å². The molecule has 3 heterocycles. The van der Waals surface area contributed by atoms with Crippen molar-refractivity contribution in [2.45, 2.75) is 23.8 Å². The molecule has 0 radical (unpaired) electrons. The van der Waals surface area contributed by atoms with Gasteiger partial charge in [-0.2, -0.15) is 14.3 Å². The molecule has 2 aromatic carbocycles. The number of piperidine rings is 1. The Morgan fingerprint density at radius 3 is 2.47 bits per heavy atom. The van der Waals surface area contributed by atoms with Crippen LogP contribution in [0.4, 0.5) is 11.8 Å². The third-order valence-electron chi connectivity index (χ3n) is 5.64. The molecule has 0 unspecified atom stereocenters. The maximum atomic E-state index is 13.2. The van der Waals surface area contributed by atoms with Crippen LogP contribution in [0.15, 0.2) is 53.7 Å². The summed E-state index contributed by atoms with van der Waals surface area (Å²) in [6.07, 6.45) is 2.96. The molecule has 0 aliphatic carbocycles. The number of anilines is 2. The van der Waals surface area contributed by atoms with Gasteiger partial charge in [0.1, 0.15) is 5.52 Å². The maximum absolute atomic E-state index is 13.2. The first kappa shape index (κ1) is 18.8. The van der Waals surface area contributed by atoms with Crippen LogP contribution in [0.3, 0.4) is 0 Å². The van der Waals surface area contributed by atoms with Crippen LogP contribution in [0.5, 0.6) is 0 Å². The number of nitrogens with two attached hydrogens (primary N) is 2. The predicted molar refractivity (Wildman–Crippen MR) is 115 cm³/mol. The molecule has 0 atom stereocenters. The Morgan fingerprint density at radius 1 is 0.967 bits per heavy atom. The molecular formula is C20H21N7O2S. The number of hydrogen-bond donors (Lipinski definition) is 2. The van der Waals surface area contributed by atoms with Crippen LogP contribution in [0.2, 0.25) is 0 Å². The van der Waals surface area contributed by atoms with Crippen LogP contribution in [-0.4, -0.2) is 45.3 Å². The van der Waals surface area contributed by atoms with Gasteiger partial charge >= 0.3 is 0 Å². The van der Waals surface area contributed by atoms with E-state index in [4.69, 9.17) is 11.5 Å². The molecule has 4 aromatic rings. The average molecular weight is 424 g/mol. The van der Waals surface area contributed by atoms with Gasteiger partial charge in [-0.05, 0) is 35.7 Å². The van der Waals surface area contributed by atoms with Crippen molar-refractivity contribution in [1.82, 2.24) is 23.8 Å². The molecule has 10 heteroatoms. The van der Waals surface area contributed by atoms with E-state index in [1.165, 1.54) is 0 Å². The van der Waals surface area contributed by atoms with Gasteiger partial charge in [-0.15, -0.1) is 0 Å². The van der Waals surface area contributed by atoms with E-state index in [-0.39, 0.29) is 17.8 Å². The molecule has 0 spiro atoms. The number of benzene rings is 2. The third-order valence-corrected chi connectivity index (χ3v) is 7.54. The summed E-state index contributed by atoms with van der Waals surface area (Å²) in [6, 6.07) is 13.1. The fourth-order valence-corrected chi connectivity index (χ4v) is 5.57. The first-order valence-corrected chi connectivity index (χ1v) is 11.1. The number of imidazole rings is 1. The highest BCUT2D eigenvalue weighted by Crippen LogP contribution is 2.30. The average Bonchev–Trinajstić information content (AvgIpc) is 3.17. The van der Waals surface area contributed by atoms with Gasteiger partial charge in [0.15, 0.2) is 11.5 Å². The van der Waals surface area contributed by atoms with Crippen LogP contribution in [0.1, 0.15) is 18.9 Å². The number of aromatic nitrogens is 4. The Balaban J connectivity index is 1.39. The molecule has 2 aromatic heterocycles. The summed E-state index contributed by atoms with van der Waals surface area (Å²) < 4.78 is 29.8. The molecule has 1 aliphatic heterocycles. The number of hydrogen-bond acceptors (Lipinski definition) is 7. The summed E-state index contributed by atoms with van der Waals surface area (Å²) in [4.78, 5) is 12.8. The highest BCUT2D eigenvalue weighted by Gasteiger charge is 2.31. The van der Waals surface area contributed by atoms with E-state index in [1.54, 1.807) is 22.8 Å². The summed E-state index contributed by atoms with van der Waals surface area (Å²) in [6.45, 7) is 0.825. The number of nitrogen functional groups attached to an aromatic ring is 2. The van der Waals surface area contributed by atoms with Crippen LogP contribution in [0, 0.1) is 0 Å². The second-order valence-corrected chi connectivity index (χ2v) is 9.37. The van der Waals surface area contributed by atoms with Crippen molar-refractivity contribution >= 4 is 43.7 Å². The summed E-state index contributed by atoms with van der Waals surface area (Å²) in [5, 5.41) is 1.93. The molecule has 9 nitrogen and oxygen atoms in total. The number of sulfonamides is 1. The van der Waals surface area contributed by atoms with Gasteiger partial charge in [0.05, 0.1) is 11.2 Å². The molecule has 5 rings (SSSR count). The highest BCUT2D eigenvalue weighted by molar-refractivity contribution is 7.89. The largest absolute Gasteiger partial charge is 0.382 e. The Labute approximate surface area is 173 Å². The standard InChI is InChI=1S/C20H21N7O2S/c21-18-17-19(25-20(22)24-18)27(12-23-17)15-7-9-26(10-8-15)30(28,29)16-6-5-13-3-1-2-4-14(13)11-16/h1-6,11-12,15H,7-10H2,(H4,21,22,24,25). The Hall–Kier alpha value is -3.24. The molecule has 1 aliphatic rings. The number of rotatable bonds is 3. The maximum Gasteiger partial charge on any atom is 0.243 e. The number of nitrogens with zero attached hydrogens (tertiary/aromatic N) is 5. The van der Waals surface area contributed by atoms with Gasteiger partial charge in [0, 0.05) is 19.1 Å². The summed E-state index contributed by atoms with van der Waals surface area (Å²) >= 11 is 0. The quantitative estimate of drug-likeness (QED) is 0.516. The molecule has 0 amide bonds. The van der Waals surface area contributed by atoms with Crippen molar-refractivity contribution in [2.75, 3.05) is 24.6 Å². The fraction of sp³-hybridized carbons (Fsp3) is 0.250. The molecule has 1 fully saturated rings. The zero-order valence-corrected chi connectivity index (χ0v) is 17.0. The van der Waals surface area contributed by atoms with Crippen LogP contribution in [-0.2, 0) is 10.0 Å². The van der Waals surface area contributed by atoms with Gasteiger partial charge in [0.2, 0.25) is 16.0 Å². The minimum absolute atomic E-state index is 0.0618. The van der Waals surface area contributed by atoms with Crippen LogP contribution < -0.4 is 11.5 Å². The molecule has 0 bridgehead atoms. The molecule has 30 heavy (non-hydrogen) atoms. The minimum atomic E-state index is -3.56. The fourth-order valence-electron chi connectivity index (χ4n) is 4.06. The first-order valence-electron chi connectivity index (χ1n) is 9.68. The lowest BCUT2D eigenvalue weighted by molar-refractivity contribution is 0.276. The SMILES string of the molecule is Nc1nc(N)c2ncn(C3CCN(S(=O)(=O)c4ccc5ccccc5c4)CC3)c2n1. The van der Waals surface area contributed by atoms with E-state index in [2.05, 4.69) is 15.0 Å². The summed E-state index contributed by atoms with van der Waals surface area (Å²) in [5.41, 5.74) is 12.7. The highest BCUT2D eigenvalue weighted by atomic mass is 32.2. The van der Waals surface area contributed by atoms with E-state index in [0.29, 0.717) is 42.0 Å². The van der Waals surface area contributed by atoms with E-state index in [9.17, 15) is 8.42 Å². The number of fused-ring (bicyclic) bond motifs is 2. The van der Waals surface area contributed by atoms with Crippen molar-refractivity contribution in [3.63, 3.8) is 0 Å². The lowest BCUT2D eigenvalue weighted by Gasteiger charge is -2.32. The molecular weight excluding hydrogens is 402 g/mol. The van der Waals surface area contributed by atoms with Gasteiger partial charge in [-0.1, -0.05) is 30.3 Å². The smallest absolute Gasteiger partial charge is 0.243 e. The van der Waals surface area contributed by atoms with Crippen molar-refractivity contribution in [3.05, 3.63) is 48.8 Å². The van der Waals surface area contributed by atoms with Crippen molar-refractivity contribution in [3.8, 4) is 0 Å². The van der Waals surface area contributed by atoms with Crippen molar-refractivity contribution in [1.29, 1.82) is 0 Å². The molecule has 154 valence electrons. The van der Waals surface area contributed by atoms with Crippen LogP contribution in [0.25, 0.3) is 21.9 Å². The topological polar surface area (TPSA) is 133 Å². The lowest BCUT2D eigenvalue weighted by Crippen LogP contribution is -2.39. The van der Waals surface area contributed by atoms with Gasteiger partial charge < -0.3 is 16.0 Å². The second kappa shape index (κ2) is 6.92. The molecule has 0 saturated carbocycles. The van der Waals surface area contributed by atoms with Gasteiger partial charge in [-0.3, -0.25) is 0 Å². The normalized spacial score (nSPS) is 16.4. The van der Waals surface area contributed by atoms with Crippen LogP contribution >= 0.6 is 0 Å². The third kappa shape index (κ3) is 3.04. The van der Waals surface area contributed by atoms with Crippen molar-refractivity contribution in [2.24, 2.45) is 0 Å². The van der Waals surface area contributed by atoms with E-state index in [1.807, 2.05) is 34.9 Å².